The molecule has 2 aromatic rings. The number of ether oxygens (including phenoxy) is 1. The third kappa shape index (κ3) is 4.72. The minimum atomic E-state index is -3.67. The van der Waals surface area contributed by atoms with Crippen LogP contribution >= 0.6 is 10.7 Å². The lowest BCUT2D eigenvalue weighted by atomic mass is 10.1. The molecule has 0 aliphatic carbocycles. The molecule has 1 aliphatic heterocycles. The first-order valence-electron chi connectivity index (χ1n) is 8.02. The summed E-state index contributed by atoms with van der Waals surface area (Å²) in [4.78, 5) is 2.40. The minimum Gasteiger partial charge on any atom is -0.378 e. The van der Waals surface area contributed by atoms with Crippen LogP contribution in [0.25, 0.3) is 11.1 Å². The van der Waals surface area contributed by atoms with E-state index in [0.29, 0.717) is 0 Å². The van der Waals surface area contributed by atoms with Crippen LogP contribution < -0.4 is 4.90 Å². The fraction of sp³-hybridized carbons (Fsp3) is 0.333. The van der Waals surface area contributed by atoms with Crippen LogP contribution in [-0.2, 0) is 13.8 Å². The first-order valence-corrected chi connectivity index (χ1v) is 10.3. The van der Waals surface area contributed by atoms with Crippen LogP contribution in [0.1, 0.15) is 13.8 Å². The Bertz CT molecular complexity index is 737. The number of benzene rings is 2. The van der Waals surface area contributed by atoms with Crippen molar-refractivity contribution in [3.8, 4) is 11.1 Å². The van der Waals surface area contributed by atoms with E-state index in [4.69, 9.17) is 15.4 Å². The fourth-order valence-corrected chi connectivity index (χ4v) is 3.27. The molecule has 130 valence electrons. The Morgan fingerprint density at radius 2 is 1.33 bits per heavy atom. The lowest BCUT2D eigenvalue weighted by molar-refractivity contribution is 0.122. The molecule has 0 spiro atoms. The molecule has 6 heteroatoms. The van der Waals surface area contributed by atoms with Gasteiger partial charge in [-0.2, -0.15) is 0 Å². The van der Waals surface area contributed by atoms with Crippen molar-refractivity contribution in [2.75, 3.05) is 31.2 Å². The van der Waals surface area contributed by atoms with Crippen LogP contribution in [0.5, 0.6) is 0 Å². The van der Waals surface area contributed by atoms with Crippen molar-refractivity contribution in [3.63, 3.8) is 0 Å². The monoisotopic (exact) mass is 367 g/mol. The zero-order valence-electron chi connectivity index (χ0n) is 13.9. The maximum Gasteiger partial charge on any atom is 0.261 e. The smallest absolute Gasteiger partial charge is 0.261 e. The molecule has 1 aliphatic rings. The predicted molar refractivity (Wildman–Crippen MR) is 99.3 cm³/mol. The van der Waals surface area contributed by atoms with Crippen LogP contribution in [0.15, 0.2) is 53.4 Å². The highest BCUT2D eigenvalue weighted by Crippen LogP contribution is 2.25. The molecule has 0 N–H and O–H groups in total. The number of hydrogen-bond acceptors (Lipinski definition) is 4. The summed E-state index contributed by atoms with van der Waals surface area (Å²) in [7, 11) is 1.65. The molecule has 0 amide bonds. The molecular weight excluding hydrogens is 346 g/mol. The summed E-state index contributed by atoms with van der Waals surface area (Å²) >= 11 is 0. The van der Waals surface area contributed by atoms with Gasteiger partial charge in [0.25, 0.3) is 9.05 Å². The standard InChI is InChI=1S/C16H16ClNO3S.C2H6/c17-22(19,20)16-7-3-14(4-8-16)13-1-5-15(6-2-13)18-9-11-21-12-10-18;1-2/h1-8H,9-12H2;1-2H3. The second-order valence-corrected chi connectivity index (χ2v) is 7.67. The maximum atomic E-state index is 11.3. The van der Waals surface area contributed by atoms with E-state index in [1.54, 1.807) is 12.1 Å². The van der Waals surface area contributed by atoms with Crippen molar-refractivity contribution in [2.24, 2.45) is 0 Å². The van der Waals surface area contributed by atoms with Gasteiger partial charge >= 0.3 is 0 Å². The number of morpholine rings is 1. The van der Waals surface area contributed by atoms with Crippen LogP contribution in [0.2, 0.25) is 0 Å². The predicted octanol–water partition coefficient (Wildman–Crippen LogP) is 4.14. The SMILES string of the molecule is CC.O=S(=O)(Cl)c1ccc(-c2ccc(N3CCOCC3)cc2)cc1. The maximum absolute atomic E-state index is 11.3. The first kappa shape index (κ1) is 18.8. The highest BCUT2D eigenvalue weighted by Gasteiger charge is 2.12. The molecule has 1 saturated heterocycles. The molecule has 0 bridgehead atoms. The number of nitrogens with zero attached hydrogens (tertiary/aromatic N) is 1. The van der Waals surface area contributed by atoms with Gasteiger partial charge < -0.3 is 9.64 Å². The average Bonchev–Trinajstić information content (AvgIpc) is 2.64. The quantitative estimate of drug-likeness (QED) is 0.765. The number of halogens is 1. The van der Waals surface area contributed by atoms with Gasteiger partial charge in [0, 0.05) is 29.5 Å². The summed E-state index contributed by atoms with van der Waals surface area (Å²) in [6, 6.07) is 14.8. The van der Waals surface area contributed by atoms with Gasteiger partial charge in [-0.15, -0.1) is 0 Å². The van der Waals surface area contributed by atoms with Crippen molar-refractivity contribution < 1.29 is 13.2 Å². The Kier molecular flexibility index (Phi) is 6.66. The molecule has 4 nitrogen and oxygen atoms in total. The molecule has 1 heterocycles. The van der Waals surface area contributed by atoms with Gasteiger partial charge in [0.15, 0.2) is 0 Å². The van der Waals surface area contributed by atoms with Gasteiger partial charge in [-0.25, -0.2) is 8.42 Å². The van der Waals surface area contributed by atoms with Gasteiger partial charge in [-0.05, 0) is 35.4 Å². The van der Waals surface area contributed by atoms with E-state index in [2.05, 4.69) is 17.0 Å². The Hall–Kier alpha value is -1.56. The highest BCUT2D eigenvalue weighted by molar-refractivity contribution is 8.13. The second kappa shape index (κ2) is 8.51. The Balaban J connectivity index is 0.00000100. The van der Waals surface area contributed by atoms with Crippen molar-refractivity contribution in [2.45, 2.75) is 18.7 Å². The summed E-state index contributed by atoms with van der Waals surface area (Å²) in [6.07, 6.45) is 0. The summed E-state index contributed by atoms with van der Waals surface area (Å²) in [6.45, 7) is 7.33. The Morgan fingerprint density at radius 3 is 1.79 bits per heavy atom. The van der Waals surface area contributed by atoms with Gasteiger partial charge in [0.1, 0.15) is 0 Å². The fourth-order valence-electron chi connectivity index (χ4n) is 2.50. The van der Waals surface area contributed by atoms with E-state index in [1.165, 1.54) is 17.8 Å². The largest absolute Gasteiger partial charge is 0.378 e. The van der Waals surface area contributed by atoms with E-state index >= 15 is 0 Å². The van der Waals surface area contributed by atoms with Gasteiger partial charge in [0.05, 0.1) is 18.1 Å². The summed E-state index contributed by atoms with van der Waals surface area (Å²) < 4.78 is 27.9. The molecule has 2 aromatic carbocycles. The normalized spacial score (nSPS) is 14.7. The zero-order chi connectivity index (χ0) is 17.6. The molecule has 24 heavy (non-hydrogen) atoms. The molecule has 0 aromatic heterocycles. The van der Waals surface area contributed by atoms with E-state index in [-0.39, 0.29) is 4.90 Å². The van der Waals surface area contributed by atoms with E-state index < -0.39 is 9.05 Å². The second-order valence-electron chi connectivity index (χ2n) is 5.11. The summed E-state index contributed by atoms with van der Waals surface area (Å²) in [5.41, 5.74) is 3.17. The first-order chi connectivity index (χ1) is 11.5. The molecule has 0 radical (unpaired) electrons. The van der Waals surface area contributed by atoms with E-state index in [0.717, 1.165) is 37.4 Å². The van der Waals surface area contributed by atoms with Crippen LogP contribution in [-0.4, -0.2) is 34.7 Å². The van der Waals surface area contributed by atoms with E-state index in [9.17, 15) is 8.42 Å². The van der Waals surface area contributed by atoms with Crippen LogP contribution in [0.4, 0.5) is 5.69 Å². The van der Waals surface area contributed by atoms with Gasteiger partial charge in [-0.1, -0.05) is 38.1 Å². The summed E-state index contributed by atoms with van der Waals surface area (Å²) in [5.74, 6) is 0. The van der Waals surface area contributed by atoms with Gasteiger partial charge in [0.2, 0.25) is 0 Å². The van der Waals surface area contributed by atoms with Crippen molar-refractivity contribution >= 4 is 25.4 Å². The topological polar surface area (TPSA) is 46.6 Å². The van der Waals surface area contributed by atoms with Gasteiger partial charge in [-0.3, -0.25) is 0 Å². The van der Waals surface area contributed by atoms with Crippen molar-refractivity contribution in [1.29, 1.82) is 0 Å². The molecule has 1 fully saturated rings. The zero-order valence-corrected chi connectivity index (χ0v) is 15.5. The number of rotatable bonds is 3. The molecule has 0 atom stereocenters. The van der Waals surface area contributed by atoms with Crippen molar-refractivity contribution in [1.82, 2.24) is 0 Å². The Labute approximate surface area is 148 Å². The van der Waals surface area contributed by atoms with Crippen LogP contribution in [0.3, 0.4) is 0 Å². The number of anilines is 1. The van der Waals surface area contributed by atoms with E-state index in [1.807, 2.05) is 26.0 Å². The highest BCUT2D eigenvalue weighted by atomic mass is 35.7. The van der Waals surface area contributed by atoms with Crippen molar-refractivity contribution in [3.05, 3.63) is 48.5 Å². The molecule has 0 saturated carbocycles. The Morgan fingerprint density at radius 1 is 0.875 bits per heavy atom. The van der Waals surface area contributed by atoms with Crippen LogP contribution in [0, 0.1) is 0 Å². The molecule has 0 unspecified atom stereocenters. The molecule has 3 rings (SSSR count). The molecular formula is C18H22ClNO3S. The number of hydrogen-bond donors (Lipinski definition) is 0. The third-order valence-electron chi connectivity index (χ3n) is 3.71. The average molecular weight is 368 g/mol. The lowest BCUT2D eigenvalue weighted by Gasteiger charge is -2.28. The third-order valence-corrected chi connectivity index (χ3v) is 5.08. The lowest BCUT2D eigenvalue weighted by Crippen LogP contribution is -2.36. The minimum absolute atomic E-state index is 0.114. The summed E-state index contributed by atoms with van der Waals surface area (Å²) in [5, 5.41) is 0.